The molecule has 1 rings (SSSR count). The van der Waals surface area contributed by atoms with Gasteiger partial charge >= 0.3 is 0 Å². The summed E-state index contributed by atoms with van der Waals surface area (Å²) in [5.41, 5.74) is 1.41. The highest BCUT2D eigenvalue weighted by molar-refractivity contribution is 5.51. The van der Waals surface area contributed by atoms with Crippen LogP contribution in [0.2, 0.25) is 0 Å². The second kappa shape index (κ2) is 7.53. The minimum atomic E-state index is 0.204. The van der Waals surface area contributed by atoms with E-state index in [0.717, 1.165) is 12.7 Å². The molecular weight excluding hydrogens is 160 g/mol. The molecule has 0 atom stereocenters. The van der Waals surface area contributed by atoms with E-state index in [4.69, 9.17) is 0 Å². The Morgan fingerprint density at radius 3 is 1.92 bits per heavy atom. The molecule has 0 fully saturated rings. The van der Waals surface area contributed by atoms with Crippen LogP contribution in [0.1, 0.15) is 26.3 Å². The molecule has 0 radical (unpaired) electrons. The lowest BCUT2D eigenvalue weighted by atomic mass is 10.2. The maximum atomic E-state index is 9.50. The molecule has 0 spiro atoms. The maximum absolute atomic E-state index is 9.50. The minimum absolute atomic E-state index is 0.204. The van der Waals surface area contributed by atoms with E-state index in [-0.39, 0.29) is 5.92 Å². The summed E-state index contributed by atoms with van der Waals surface area (Å²) >= 11 is 0. The van der Waals surface area contributed by atoms with Crippen LogP contribution in [-0.2, 0) is 11.2 Å². The summed E-state index contributed by atoms with van der Waals surface area (Å²) in [6.45, 7) is 5.87. The smallest absolute Gasteiger partial charge is 0.122 e. The van der Waals surface area contributed by atoms with Crippen molar-refractivity contribution in [1.82, 2.24) is 0 Å². The zero-order valence-corrected chi connectivity index (χ0v) is 8.66. The third-order valence-corrected chi connectivity index (χ3v) is 1.52. The van der Waals surface area contributed by atoms with Gasteiger partial charge in [0.1, 0.15) is 6.29 Å². The fourth-order valence-corrected chi connectivity index (χ4v) is 0.714. The van der Waals surface area contributed by atoms with Crippen LogP contribution in [0.4, 0.5) is 0 Å². The van der Waals surface area contributed by atoms with Crippen molar-refractivity contribution in [3.05, 3.63) is 35.9 Å². The number of aryl methyl sites for hydroxylation is 1. The van der Waals surface area contributed by atoms with Crippen molar-refractivity contribution in [1.29, 1.82) is 0 Å². The molecule has 0 aromatic heterocycles. The van der Waals surface area contributed by atoms with Crippen LogP contribution in [0.3, 0.4) is 0 Å². The van der Waals surface area contributed by atoms with Crippen LogP contribution in [-0.4, -0.2) is 6.29 Å². The van der Waals surface area contributed by atoms with E-state index in [9.17, 15) is 4.79 Å². The van der Waals surface area contributed by atoms with E-state index in [1.54, 1.807) is 0 Å². The summed E-state index contributed by atoms with van der Waals surface area (Å²) in [7, 11) is 0. The van der Waals surface area contributed by atoms with Crippen molar-refractivity contribution in [2.45, 2.75) is 27.2 Å². The van der Waals surface area contributed by atoms with Crippen LogP contribution in [0.25, 0.3) is 0 Å². The van der Waals surface area contributed by atoms with Crippen LogP contribution in [0.15, 0.2) is 30.3 Å². The molecule has 1 nitrogen and oxygen atoms in total. The van der Waals surface area contributed by atoms with Gasteiger partial charge in [-0.15, -0.1) is 0 Å². The largest absolute Gasteiger partial charge is 0.303 e. The van der Waals surface area contributed by atoms with E-state index in [2.05, 4.69) is 31.2 Å². The Balaban J connectivity index is 0.000000252. The number of hydrogen-bond acceptors (Lipinski definition) is 1. The minimum Gasteiger partial charge on any atom is -0.303 e. The number of hydrogen-bond donors (Lipinski definition) is 0. The third kappa shape index (κ3) is 7.26. The second-order valence-electron chi connectivity index (χ2n) is 3.22. The van der Waals surface area contributed by atoms with Crippen molar-refractivity contribution in [3.8, 4) is 0 Å². The number of carbonyl (C=O) groups excluding carboxylic acids is 1. The summed E-state index contributed by atoms with van der Waals surface area (Å²) in [4.78, 5) is 9.50. The van der Waals surface area contributed by atoms with Gasteiger partial charge in [0, 0.05) is 5.92 Å². The topological polar surface area (TPSA) is 17.1 Å². The highest BCUT2D eigenvalue weighted by atomic mass is 16.1. The molecule has 0 unspecified atom stereocenters. The Labute approximate surface area is 80.8 Å². The van der Waals surface area contributed by atoms with Crippen LogP contribution < -0.4 is 0 Å². The molecule has 0 saturated heterocycles. The second-order valence-corrected chi connectivity index (χ2v) is 3.22. The summed E-state index contributed by atoms with van der Waals surface area (Å²) in [6.07, 6.45) is 2.06. The molecular formula is C12H18O. The Hall–Kier alpha value is -1.11. The summed E-state index contributed by atoms with van der Waals surface area (Å²) in [6, 6.07) is 10.5. The molecule has 13 heavy (non-hydrogen) atoms. The Morgan fingerprint density at radius 2 is 1.69 bits per heavy atom. The van der Waals surface area contributed by atoms with Crippen LogP contribution >= 0.6 is 0 Å². The van der Waals surface area contributed by atoms with Gasteiger partial charge < -0.3 is 4.79 Å². The highest BCUT2D eigenvalue weighted by Crippen LogP contribution is 1.96. The predicted octanol–water partition coefficient (Wildman–Crippen LogP) is 3.09. The highest BCUT2D eigenvalue weighted by Gasteiger charge is 1.80. The van der Waals surface area contributed by atoms with Gasteiger partial charge in [0.15, 0.2) is 0 Å². The van der Waals surface area contributed by atoms with Crippen molar-refractivity contribution >= 4 is 6.29 Å². The Morgan fingerprint density at radius 1 is 1.23 bits per heavy atom. The number of benzene rings is 1. The van der Waals surface area contributed by atoms with Crippen molar-refractivity contribution in [2.75, 3.05) is 0 Å². The van der Waals surface area contributed by atoms with E-state index < -0.39 is 0 Å². The fourth-order valence-electron chi connectivity index (χ4n) is 0.714. The molecule has 1 heteroatoms. The van der Waals surface area contributed by atoms with Gasteiger partial charge in [-0.05, 0) is 12.0 Å². The molecule has 0 saturated carbocycles. The molecule has 1 aromatic carbocycles. The molecule has 0 aliphatic rings. The molecule has 0 bridgehead atoms. The molecule has 0 aliphatic heterocycles. The van der Waals surface area contributed by atoms with E-state index in [1.807, 2.05) is 19.9 Å². The summed E-state index contributed by atoms with van der Waals surface area (Å²) < 4.78 is 0. The SMILES string of the molecule is CC(C)C=O.CCc1ccccc1. The van der Waals surface area contributed by atoms with Gasteiger partial charge in [-0.3, -0.25) is 0 Å². The summed E-state index contributed by atoms with van der Waals surface area (Å²) in [5.74, 6) is 0.204. The van der Waals surface area contributed by atoms with Gasteiger partial charge in [0.05, 0.1) is 0 Å². The lowest BCUT2D eigenvalue weighted by Crippen LogP contribution is -1.82. The number of aldehydes is 1. The average Bonchev–Trinajstić information content (AvgIpc) is 2.20. The van der Waals surface area contributed by atoms with E-state index >= 15 is 0 Å². The van der Waals surface area contributed by atoms with Crippen molar-refractivity contribution < 1.29 is 4.79 Å². The van der Waals surface area contributed by atoms with Crippen LogP contribution in [0, 0.1) is 5.92 Å². The van der Waals surface area contributed by atoms with Gasteiger partial charge in [0.25, 0.3) is 0 Å². The normalized spacial score (nSPS) is 8.92. The molecule has 0 heterocycles. The maximum Gasteiger partial charge on any atom is 0.122 e. The Kier molecular flexibility index (Phi) is 6.89. The molecule has 0 N–H and O–H groups in total. The molecule has 72 valence electrons. The lowest BCUT2D eigenvalue weighted by Gasteiger charge is -1.89. The van der Waals surface area contributed by atoms with E-state index in [0.29, 0.717) is 0 Å². The fraction of sp³-hybridized carbons (Fsp3) is 0.417. The van der Waals surface area contributed by atoms with E-state index in [1.165, 1.54) is 5.56 Å². The van der Waals surface area contributed by atoms with Gasteiger partial charge in [-0.25, -0.2) is 0 Å². The average molecular weight is 178 g/mol. The third-order valence-electron chi connectivity index (χ3n) is 1.52. The number of rotatable bonds is 2. The summed E-state index contributed by atoms with van der Waals surface area (Å²) in [5, 5.41) is 0. The lowest BCUT2D eigenvalue weighted by molar-refractivity contribution is -0.110. The predicted molar refractivity (Wildman–Crippen MR) is 56.7 cm³/mol. The monoisotopic (exact) mass is 178 g/mol. The zero-order valence-electron chi connectivity index (χ0n) is 8.66. The quantitative estimate of drug-likeness (QED) is 0.636. The first kappa shape index (κ1) is 11.9. The van der Waals surface area contributed by atoms with Gasteiger partial charge in [-0.2, -0.15) is 0 Å². The first-order valence-electron chi connectivity index (χ1n) is 4.70. The number of carbonyl (C=O) groups is 1. The standard InChI is InChI=1S/C8H10.C4H8O/c1-2-8-6-4-3-5-7-8;1-4(2)3-5/h3-7H,2H2,1H3;3-4H,1-2H3. The first-order chi connectivity index (χ1) is 6.20. The van der Waals surface area contributed by atoms with Crippen molar-refractivity contribution in [2.24, 2.45) is 5.92 Å². The van der Waals surface area contributed by atoms with Gasteiger partial charge in [0.2, 0.25) is 0 Å². The zero-order chi connectivity index (χ0) is 10.1. The van der Waals surface area contributed by atoms with Gasteiger partial charge in [-0.1, -0.05) is 51.1 Å². The molecule has 0 amide bonds. The first-order valence-corrected chi connectivity index (χ1v) is 4.70. The Bertz CT molecular complexity index is 214. The van der Waals surface area contributed by atoms with Crippen LogP contribution in [0.5, 0.6) is 0 Å². The van der Waals surface area contributed by atoms with Crippen molar-refractivity contribution in [3.63, 3.8) is 0 Å². The molecule has 0 aliphatic carbocycles. The molecule has 1 aromatic rings.